The third kappa shape index (κ3) is 1.13. The minimum Gasteiger partial charge on any atom is -0.346 e. The summed E-state index contributed by atoms with van der Waals surface area (Å²) >= 11 is 0. The second kappa shape index (κ2) is 3.10. The number of hydrogen-bond donors (Lipinski definition) is 1. The van der Waals surface area contributed by atoms with Gasteiger partial charge < -0.3 is 10.3 Å². The van der Waals surface area contributed by atoms with E-state index in [0.29, 0.717) is 6.54 Å². The minimum absolute atomic E-state index is 0.207. The summed E-state index contributed by atoms with van der Waals surface area (Å²) in [5.41, 5.74) is 8.75. The molecule has 0 radical (unpaired) electrons. The second-order valence-corrected chi connectivity index (χ2v) is 3.50. The van der Waals surface area contributed by atoms with Crippen LogP contribution in [0.4, 0.5) is 4.39 Å². The molecule has 0 aliphatic carbocycles. The molecular formula is C11H13FN2. The number of nitrogens with zero attached hydrogens (tertiary/aromatic N) is 1. The summed E-state index contributed by atoms with van der Waals surface area (Å²) in [6.07, 6.45) is 0. The zero-order valence-corrected chi connectivity index (χ0v) is 8.34. The predicted molar refractivity (Wildman–Crippen MR) is 55.5 cm³/mol. The summed E-state index contributed by atoms with van der Waals surface area (Å²) in [6, 6.07) is 4.83. The van der Waals surface area contributed by atoms with Crippen molar-refractivity contribution in [1.82, 2.24) is 4.57 Å². The van der Waals surface area contributed by atoms with Gasteiger partial charge in [0.25, 0.3) is 0 Å². The SMILES string of the molecule is Cc1c(CN)n(C)c2cc(F)ccc12. The van der Waals surface area contributed by atoms with Crippen LogP contribution < -0.4 is 5.73 Å². The molecule has 0 unspecified atom stereocenters. The van der Waals surface area contributed by atoms with E-state index in [1.165, 1.54) is 6.07 Å². The molecule has 0 atom stereocenters. The van der Waals surface area contributed by atoms with Gasteiger partial charge in [-0.15, -0.1) is 0 Å². The Bertz CT molecular complexity index is 485. The molecule has 0 fully saturated rings. The van der Waals surface area contributed by atoms with Gasteiger partial charge in [0.05, 0.1) is 5.52 Å². The van der Waals surface area contributed by atoms with Crippen LogP contribution in [0.15, 0.2) is 18.2 Å². The fourth-order valence-electron chi connectivity index (χ4n) is 1.94. The molecule has 0 spiro atoms. The highest BCUT2D eigenvalue weighted by Crippen LogP contribution is 2.24. The zero-order valence-electron chi connectivity index (χ0n) is 8.34. The summed E-state index contributed by atoms with van der Waals surface area (Å²) in [6.45, 7) is 2.50. The number of rotatable bonds is 1. The number of benzene rings is 1. The largest absolute Gasteiger partial charge is 0.346 e. The maximum Gasteiger partial charge on any atom is 0.125 e. The maximum absolute atomic E-state index is 13.0. The van der Waals surface area contributed by atoms with E-state index in [0.717, 1.165) is 22.2 Å². The van der Waals surface area contributed by atoms with Crippen molar-refractivity contribution in [2.24, 2.45) is 12.8 Å². The Balaban J connectivity index is 2.87. The predicted octanol–water partition coefficient (Wildman–Crippen LogP) is 2.08. The van der Waals surface area contributed by atoms with Gasteiger partial charge >= 0.3 is 0 Å². The van der Waals surface area contributed by atoms with E-state index in [1.807, 2.05) is 18.5 Å². The van der Waals surface area contributed by atoms with E-state index in [1.54, 1.807) is 12.1 Å². The van der Waals surface area contributed by atoms with Crippen LogP contribution in [0.1, 0.15) is 11.3 Å². The van der Waals surface area contributed by atoms with Gasteiger partial charge in [0, 0.05) is 24.7 Å². The molecule has 1 heterocycles. The van der Waals surface area contributed by atoms with Crippen LogP contribution in [0, 0.1) is 12.7 Å². The lowest BCUT2D eigenvalue weighted by atomic mass is 10.1. The fraction of sp³-hybridized carbons (Fsp3) is 0.273. The average molecular weight is 192 g/mol. The summed E-state index contributed by atoms with van der Waals surface area (Å²) in [4.78, 5) is 0. The first kappa shape index (κ1) is 9.21. The van der Waals surface area contributed by atoms with Crippen molar-refractivity contribution in [2.45, 2.75) is 13.5 Å². The van der Waals surface area contributed by atoms with Crippen LogP contribution in [0.2, 0.25) is 0 Å². The van der Waals surface area contributed by atoms with E-state index in [2.05, 4.69) is 0 Å². The molecule has 0 saturated heterocycles. The van der Waals surface area contributed by atoms with Crippen molar-refractivity contribution < 1.29 is 4.39 Å². The van der Waals surface area contributed by atoms with Gasteiger partial charge in [-0.2, -0.15) is 0 Å². The molecule has 2 aromatic rings. The van der Waals surface area contributed by atoms with Crippen molar-refractivity contribution in [3.63, 3.8) is 0 Å². The molecule has 0 amide bonds. The van der Waals surface area contributed by atoms with Crippen LogP contribution in [0.3, 0.4) is 0 Å². The van der Waals surface area contributed by atoms with E-state index in [4.69, 9.17) is 5.73 Å². The summed E-state index contributed by atoms with van der Waals surface area (Å²) < 4.78 is 15.0. The molecule has 2 nitrogen and oxygen atoms in total. The van der Waals surface area contributed by atoms with Crippen molar-refractivity contribution in [3.8, 4) is 0 Å². The Morgan fingerprint density at radius 1 is 1.43 bits per heavy atom. The Morgan fingerprint density at radius 3 is 2.79 bits per heavy atom. The van der Waals surface area contributed by atoms with Gasteiger partial charge in [-0.3, -0.25) is 0 Å². The standard InChI is InChI=1S/C11H13FN2/c1-7-9-4-3-8(12)5-10(9)14(2)11(7)6-13/h3-5H,6,13H2,1-2H3. The molecule has 2 N–H and O–H groups in total. The molecule has 0 bridgehead atoms. The average Bonchev–Trinajstić information content (AvgIpc) is 2.39. The monoisotopic (exact) mass is 192 g/mol. The van der Waals surface area contributed by atoms with E-state index >= 15 is 0 Å². The molecule has 3 heteroatoms. The molecule has 2 rings (SSSR count). The molecule has 0 aliphatic rings. The van der Waals surface area contributed by atoms with Gasteiger partial charge in [0.2, 0.25) is 0 Å². The third-order valence-electron chi connectivity index (χ3n) is 2.76. The van der Waals surface area contributed by atoms with Gasteiger partial charge in [0.15, 0.2) is 0 Å². The normalized spacial score (nSPS) is 11.1. The third-order valence-corrected chi connectivity index (χ3v) is 2.76. The molecule has 1 aromatic carbocycles. The smallest absolute Gasteiger partial charge is 0.125 e. The number of fused-ring (bicyclic) bond motifs is 1. The molecular weight excluding hydrogens is 179 g/mol. The van der Waals surface area contributed by atoms with E-state index in [9.17, 15) is 4.39 Å². The van der Waals surface area contributed by atoms with Gasteiger partial charge in [0.1, 0.15) is 5.82 Å². The van der Waals surface area contributed by atoms with Crippen LogP contribution in [-0.4, -0.2) is 4.57 Å². The van der Waals surface area contributed by atoms with Crippen molar-refractivity contribution in [2.75, 3.05) is 0 Å². The van der Waals surface area contributed by atoms with Gasteiger partial charge in [-0.1, -0.05) is 0 Å². The fourth-order valence-corrected chi connectivity index (χ4v) is 1.94. The minimum atomic E-state index is -0.207. The summed E-state index contributed by atoms with van der Waals surface area (Å²) in [7, 11) is 1.91. The van der Waals surface area contributed by atoms with Crippen LogP contribution >= 0.6 is 0 Å². The maximum atomic E-state index is 13.0. The van der Waals surface area contributed by atoms with Crippen LogP contribution in [0.5, 0.6) is 0 Å². The van der Waals surface area contributed by atoms with Crippen molar-refractivity contribution in [1.29, 1.82) is 0 Å². The van der Waals surface area contributed by atoms with E-state index < -0.39 is 0 Å². The quantitative estimate of drug-likeness (QED) is 0.736. The lowest BCUT2D eigenvalue weighted by Crippen LogP contribution is -2.04. The second-order valence-electron chi connectivity index (χ2n) is 3.50. The lowest BCUT2D eigenvalue weighted by molar-refractivity contribution is 0.628. The first-order valence-corrected chi connectivity index (χ1v) is 4.58. The van der Waals surface area contributed by atoms with Gasteiger partial charge in [-0.25, -0.2) is 4.39 Å². The first-order valence-electron chi connectivity index (χ1n) is 4.58. The van der Waals surface area contributed by atoms with Gasteiger partial charge in [-0.05, 0) is 30.7 Å². The number of nitrogens with two attached hydrogens (primary N) is 1. The lowest BCUT2D eigenvalue weighted by Gasteiger charge is -2.01. The highest BCUT2D eigenvalue weighted by atomic mass is 19.1. The number of aryl methyl sites for hydroxylation is 2. The molecule has 74 valence electrons. The Labute approximate surface area is 82.1 Å². The van der Waals surface area contributed by atoms with Crippen LogP contribution in [0.25, 0.3) is 10.9 Å². The molecule has 1 aromatic heterocycles. The van der Waals surface area contributed by atoms with Crippen molar-refractivity contribution in [3.05, 3.63) is 35.3 Å². The molecule has 14 heavy (non-hydrogen) atoms. The molecule has 0 saturated carbocycles. The number of halogens is 1. The highest BCUT2D eigenvalue weighted by Gasteiger charge is 2.10. The number of hydrogen-bond acceptors (Lipinski definition) is 1. The topological polar surface area (TPSA) is 30.9 Å². The first-order chi connectivity index (χ1) is 6.65. The Hall–Kier alpha value is -1.35. The van der Waals surface area contributed by atoms with E-state index in [-0.39, 0.29) is 5.82 Å². The Kier molecular flexibility index (Phi) is 2.04. The molecule has 0 aliphatic heterocycles. The summed E-state index contributed by atoms with van der Waals surface area (Å²) in [5.74, 6) is -0.207. The zero-order chi connectivity index (χ0) is 10.3. The van der Waals surface area contributed by atoms with Crippen LogP contribution in [-0.2, 0) is 13.6 Å². The Morgan fingerprint density at radius 2 is 2.14 bits per heavy atom. The number of aromatic nitrogens is 1. The highest BCUT2D eigenvalue weighted by molar-refractivity contribution is 5.85. The van der Waals surface area contributed by atoms with Crippen molar-refractivity contribution >= 4 is 10.9 Å². The summed E-state index contributed by atoms with van der Waals surface area (Å²) in [5, 5.41) is 1.08.